The largest absolute Gasteiger partial charge is 0.465 e. The van der Waals surface area contributed by atoms with Crippen molar-refractivity contribution >= 4 is 17.6 Å². The number of nitrogens with one attached hydrogen (secondary N) is 2. The van der Waals surface area contributed by atoms with Crippen LogP contribution in [0.4, 0.5) is 5.69 Å². The third kappa shape index (κ3) is 3.42. The Balaban J connectivity index is 2.18. The first-order chi connectivity index (χ1) is 9.96. The number of piperidine rings is 1. The highest BCUT2D eigenvalue weighted by atomic mass is 16.5. The Hall–Kier alpha value is -1.88. The van der Waals surface area contributed by atoms with Crippen LogP contribution in [0.2, 0.25) is 0 Å². The van der Waals surface area contributed by atoms with Crippen LogP contribution in [-0.4, -0.2) is 32.1 Å². The highest BCUT2D eigenvalue weighted by Crippen LogP contribution is 2.28. The second kappa shape index (κ2) is 6.26. The summed E-state index contributed by atoms with van der Waals surface area (Å²) in [4.78, 5) is 24.1. The predicted octanol–water partition coefficient (Wildman–Crippen LogP) is 2.11. The summed E-state index contributed by atoms with van der Waals surface area (Å²) in [5.41, 5.74) is 1.61. The van der Waals surface area contributed by atoms with Crippen molar-refractivity contribution < 1.29 is 14.3 Å². The van der Waals surface area contributed by atoms with E-state index in [1.807, 2.05) is 19.9 Å². The molecule has 0 aliphatic carbocycles. The zero-order chi connectivity index (χ0) is 15.5. The molecule has 0 spiro atoms. The summed E-state index contributed by atoms with van der Waals surface area (Å²) in [6.07, 6.45) is 1.85. The van der Waals surface area contributed by atoms with Crippen molar-refractivity contribution in [1.82, 2.24) is 5.32 Å². The Kier molecular flexibility index (Phi) is 4.63. The molecule has 2 N–H and O–H groups in total. The van der Waals surface area contributed by atoms with Gasteiger partial charge in [-0.1, -0.05) is 6.07 Å². The molecule has 1 amide bonds. The number of carbonyl (C=O) groups excluding carboxylic acids is 2. The van der Waals surface area contributed by atoms with Crippen molar-refractivity contribution in [1.29, 1.82) is 0 Å². The van der Waals surface area contributed by atoms with E-state index in [1.165, 1.54) is 7.11 Å². The molecule has 1 unspecified atom stereocenters. The average molecular weight is 290 g/mol. The first-order valence-electron chi connectivity index (χ1n) is 7.17. The van der Waals surface area contributed by atoms with Gasteiger partial charge in [-0.2, -0.15) is 0 Å². The molecular formula is C16H22N2O3. The molecule has 5 nitrogen and oxygen atoms in total. The minimum Gasteiger partial charge on any atom is -0.465 e. The highest BCUT2D eigenvalue weighted by Gasteiger charge is 2.34. The fraction of sp³-hybridized carbons (Fsp3) is 0.500. The second-order valence-corrected chi connectivity index (χ2v) is 5.82. The van der Waals surface area contributed by atoms with Gasteiger partial charge in [-0.3, -0.25) is 4.79 Å². The normalized spacial score (nSPS) is 21.7. The van der Waals surface area contributed by atoms with Crippen LogP contribution in [0.1, 0.15) is 35.7 Å². The third-order valence-electron chi connectivity index (χ3n) is 4.05. The van der Waals surface area contributed by atoms with Gasteiger partial charge in [0, 0.05) is 12.2 Å². The molecule has 5 heteroatoms. The smallest absolute Gasteiger partial charge is 0.337 e. The number of rotatable bonds is 3. The highest BCUT2D eigenvalue weighted by molar-refractivity contribution is 5.98. The van der Waals surface area contributed by atoms with Gasteiger partial charge in [-0.25, -0.2) is 4.79 Å². The monoisotopic (exact) mass is 290 g/mol. The van der Waals surface area contributed by atoms with E-state index >= 15 is 0 Å². The first-order valence-corrected chi connectivity index (χ1v) is 7.17. The lowest BCUT2D eigenvalue weighted by Gasteiger charge is -2.32. The van der Waals surface area contributed by atoms with Gasteiger partial charge in [0.1, 0.15) is 0 Å². The average Bonchev–Trinajstić information content (AvgIpc) is 2.49. The van der Waals surface area contributed by atoms with Crippen LogP contribution < -0.4 is 10.6 Å². The van der Waals surface area contributed by atoms with Gasteiger partial charge in [-0.05, 0) is 50.9 Å². The quantitative estimate of drug-likeness (QED) is 0.837. The predicted molar refractivity (Wildman–Crippen MR) is 81.4 cm³/mol. The summed E-state index contributed by atoms with van der Waals surface area (Å²) in [6, 6.07) is 5.17. The zero-order valence-electron chi connectivity index (χ0n) is 12.8. The maximum absolute atomic E-state index is 12.5. The minimum atomic E-state index is -0.411. The number of methoxy groups -OCH3 is 1. The molecule has 0 saturated carbocycles. The van der Waals surface area contributed by atoms with Crippen LogP contribution in [0.25, 0.3) is 0 Å². The summed E-state index contributed by atoms with van der Waals surface area (Å²) in [6.45, 7) is 5.50. The van der Waals surface area contributed by atoms with Crippen LogP contribution >= 0.6 is 0 Å². The van der Waals surface area contributed by atoms with Crippen molar-refractivity contribution in [3.63, 3.8) is 0 Å². The fourth-order valence-electron chi connectivity index (χ4n) is 2.52. The lowest BCUT2D eigenvalue weighted by Crippen LogP contribution is -2.46. The van der Waals surface area contributed by atoms with E-state index in [1.54, 1.807) is 12.1 Å². The molecular weight excluding hydrogens is 268 g/mol. The Bertz CT molecular complexity index is 548. The minimum absolute atomic E-state index is 0.0141. The Morgan fingerprint density at radius 3 is 2.76 bits per heavy atom. The number of ether oxygens (including phenoxy) is 1. The molecule has 1 fully saturated rings. The van der Waals surface area contributed by atoms with Crippen LogP contribution in [0.3, 0.4) is 0 Å². The van der Waals surface area contributed by atoms with Gasteiger partial charge in [0.15, 0.2) is 0 Å². The van der Waals surface area contributed by atoms with Crippen LogP contribution in [0.5, 0.6) is 0 Å². The number of carbonyl (C=O) groups is 2. The number of esters is 1. The zero-order valence-corrected chi connectivity index (χ0v) is 12.8. The molecule has 21 heavy (non-hydrogen) atoms. The van der Waals surface area contributed by atoms with E-state index < -0.39 is 11.4 Å². The van der Waals surface area contributed by atoms with Gasteiger partial charge in [-0.15, -0.1) is 0 Å². The van der Waals surface area contributed by atoms with E-state index in [0.717, 1.165) is 24.9 Å². The number of hydrogen-bond acceptors (Lipinski definition) is 4. The maximum atomic E-state index is 12.5. The van der Waals surface area contributed by atoms with E-state index in [2.05, 4.69) is 10.6 Å². The van der Waals surface area contributed by atoms with Gasteiger partial charge >= 0.3 is 5.97 Å². The summed E-state index contributed by atoms with van der Waals surface area (Å²) in [5, 5.41) is 6.21. The second-order valence-electron chi connectivity index (χ2n) is 5.82. The number of amides is 1. The number of anilines is 1. The fourth-order valence-corrected chi connectivity index (χ4v) is 2.52. The van der Waals surface area contributed by atoms with Gasteiger partial charge in [0.05, 0.1) is 18.1 Å². The van der Waals surface area contributed by atoms with Gasteiger partial charge in [0.25, 0.3) is 0 Å². The number of hydrogen-bond donors (Lipinski definition) is 2. The van der Waals surface area contributed by atoms with E-state index in [0.29, 0.717) is 17.8 Å². The van der Waals surface area contributed by atoms with Crippen LogP contribution in [0, 0.1) is 12.3 Å². The molecule has 114 valence electrons. The molecule has 1 heterocycles. The third-order valence-corrected chi connectivity index (χ3v) is 4.05. The molecule has 1 saturated heterocycles. The maximum Gasteiger partial charge on any atom is 0.337 e. The molecule has 1 atom stereocenters. The van der Waals surface area contributed by atoms with E-state index in [4.69, 9.17) is 4.74 Å². The summed E-state index contributed by atoms with van der Waals surface area (Å²) in [7, 11) is 1.34. The summed E-state index contributed by atoms with van der Waals surface area (Å²) < 4.78 is 4.71. The molecule has 1 aromatic carbocycles. The van der Waals surface area contributed by atoms with E-state index in [-0.39, 0.29) is 5.91 Å². The lowest BCUT2D eigenvalue weighted by atomic mass is 9.82. The Morgan fingerprint density at radius 2 is 2.14 bits per heavy atom. The molecule has 1 aliphatic heterocycles. The summed E-state index contributed by atoms with van der Waals surface area (Å²) in [5.74, 6) is -0.421. The van der Waals surface area contributed by atoms with Crippen molar-refractivity contribution in [3.05, 3.63) is 29.3 Å². The van der Waals surface area contributed by atoms with Crippen molar-refractivity contribution in [2.45, 2.75) is 26.7 Å². The van der Waals surface area contributed by atoms with Crippen molar-refractivity contribution in [2.24, 2.45) is 5.41 Å². The molecule has 0 bridgehead atoms. The van der Waals surface area contributed by atoms with Crippen molar-refractivity contribution in [3.8, 4) is 0 Å². The van der Waals surface area contributed by atoms with E-state index in [9.17, 15) is 9.59 Å². The van der Waals surface area contributed by atoms with Crippen LogP contribution in [-0.2, 0) is 9.53 Å². The van der Waals surface area contributed by atoms with Crippen LogP contribution in [0.15, 0.2) is 18.2 Å². The SMILES string of the molecule is COC(=O)c1ccc(C)c(NC(=O)C2(C)CCCNC2)c1. The molecule has 1 aromatic rings. The van der Waals surface area contributed by atoms with Crippen molar-refractivity contribution in [2.75, 3.05) is 25.5 Å². The standard InChI is InChI=1S/C16H22N2O3/c1-11-5-6-12(14(19)21-3)9-13(11)18-15(20)16(2)7-4-8-17-10-16/h5-6,9,17H,4,7-8,10H2,1-3H3,(H,18,20). The molecule has 2 rings (SSSR count). The topological polar surface area (TPSA) is 67.4 Å². The summed E-state index contributed by atoms with van der Waals surface area (Å²) >= 11 is 0. The Labute approximate surface area is 125 Å². The molecule has 0 aromatic heterocycles. The molecule has 0 radical (unpaired) electrons. The van der Waals surface area contributed by atoms with Gasteiger partial charge in [0.2, 0.25) is 5.91 Å². The Morgan fingerprint density at radius 1 is 1.38 bits per heavy atom. The number of benzene rings is 1. The lowest BCUT2D eigenvalue weighted by molar-refractivity contribution is -0.125. The molecule has 1 aliphatic rings. The number of aryl methyl sites for hydroxylation is 1. The van der Waals surface area contributed by atoms with Gasteiger partial charge < -0.3 is 15.4 Å². The first kappa shape index (κ1) is 15.5.